The lowest BCUT2D eigenvalue weighted by atomic mass is 10.0. The third kappa shape index (κ3) is 4.76. The van der Waals surface area contributed by atoms with Crippen LogP contribution in [0.3, 0.4) is 0 Å². The van der Waals surface area contributed by atoms with Gasteiger partial charge >= 0.3 is 6.03 Å². The summed E-state index contributed by atoms with van der Waals surface area (Å²) in [5, 5.41) is 14.4. The van der Waals surface area contributed by atoms with E-state index in [0.717, 1.165) is 23.2 Å². The number of hydrogen-bond acceptors (Lipinski definition) is 3. The molecule has 160 valence electrons. The molecule has 2 N–H and O–H groups in total. The van der Waals surface area contributed by atoms with Crippen LogP contribution in [0.1, 0.15) is 16.7 Å². The van der Waals surface area contributed by atoms with Crippen molar-refractivity contribution in [3.63, 3.8) is 0 Å². The summed E-state index contributed by atoms with van der Waals surface area (Å²) in [5.41, 5.74) is 3.70. The van der Waals surface area contributed by atoms with Crippen LogP contribution in [0.5, 0.6) is 0 Å². The average Bonchev–Trinajstić information content (AvgIpc) is 3.24. The average molecular weight is 428 g/mol. The maximum atomic E-state index is 13.4. The molecule has 0 aromatic heterocycles. The fourth-order valence-electron chi connectivity index (χ4n) is 3.77. The second-order valence-corrected chi connectivity index (χ2v) is 7.54. The molecule has 0 bridgehead atoms. The number of carbonyl (C=O) groups excluding carboxylic acids is 2. The number of rotatable bonds is 5. The number of benzene rings is 3. The number of nitriles is 1. The Morgan fingerprint density at radius 1 is 1.03 bits per heavy atom. The third-order valence-corrected chi connectivity index (χ3v) is 5.38. The molecule has 6 nitrogen and oxygen atoms in total. The maximum Gasteiger partial charge on any atom is 0.319 e. The normalized spacial score (nSPS) is 13.1. The van der Waals surface area contributed by atoms with Crippen LogP contribution < -0.4 is 15.5 Å². The number of carbonyl (C=O) groups is 2. The number of nitrogens with one attached hydrogen (secondary N) is 2. The fraction of sp³-hybridized carbons (Fsp3) is 0.160. The molecule has 1 heterocycles. The Labute approximate surface area is 185 Å². The van der Waals surface area contributed by atoms with Crippen LogP contribution in [-0.2, 0) is 17.6 Å². The molecule has 4 rings (SSSR count). The van der Waals surface area contributed by atoms with Crippen LogP contribution in [0.4, 0.5) is 20.6 Å². The second kappa shape index (κ2) is 9.31. The zero-order chi connectivity index (χ0) is 22.5. The van der Waals surface area contributed by atoms with Crippen LogP contribution in [0, 0.1) is 17.1 Å². The van der Waals surface area contributed by atoms with E-state index in [9.17, 15) is 14.0 Å². The number of hydrogen-bond donors (Lipinski definition) is 2. The fourth-order valence-corrected chi connectivity index (χ4v) is 3.77. The highest BCUT2D eigenvalue weighted by atomic mass is 19.1. The van der Waals surface area contributed by atoms with Gasteiger partial charge in [-0.2, -0.15) is 5.26 Å². The van der Waals surface area contributed by atoms with E-state index in [-0.39, 0.29) is 12.3 Å². The Kier molecular flexibility index (Phi) is 6.13. The van der Waals surface area contributed by atoms with Crippen LogP contribution >= 0.6 is 0 Å². The van der Waals surface area contributed by atoms with Gasteiger partial charge in [0.2, 0.25) is 5.91 Å². The van der Waals surface area contributed by atoms with Crippen LogP contribution in [0.25, 0.3) is 0 Å². The summed E-state index contributed by atoms with van der Waals surface area (Å²) < 4.78 is 13.1. The van der Waals surface area contributed by atoms with Crippen LogP contribution in [0.15, 0.2) is 72.8 Å². The summed E-state index contributed by atoms with van der Waals surface area (Å²) in [6.45, 7) is 0.545. The van der Waals surface area contributed by atoms with Gasteiger partial charge in [0.25, 0.3) is 0 Å². The first-order chi connectivity index (χ1) is 15.5. The zero-order valence-corrected chi connectivity index (χ0v) is 17.2. The van der Waals surface area contributed by atoms with E-state index in [1.165, 1.54) is 24.3 Å². The van der Waals surface area contributed by atoms with E-state index in [1.807, 2.05) is 24.3 Å². The van der Waals surface area contributed by atoms with Crippen LogP contribution in [0.2, 0.25) is 0 Å². The molecule has 1 aliphatic rings. The number of nitrogens with zero attached hydrogens (tertiary/aromatic N) is 2. The van der Waals surface area contributed by atoms with E-state index >= 15 is 0 Å². The Balaban J connectivity index is 1.54. The quantitative estimate of drug-likeness (QED) is 0.644. The summed E-state index contributed by atoms with van der Waals surface area (Å²) >= 11 is 0. The predicted octanol–water partition coefficient (Wildman–Crippen LogP) is 4.02. The largest absolute Gasteiger partial charge is 0.326 e. The smallest absolute Gasteiger partial charge is 0.319 e. The molecule has 3 aromatic rings. The van der Waals surface area contributed by atoms with Gasteiger partial charge in [0.15, 0.2) is 0 Å². The van der Waals surface area contributed by atoms with Gasteiger partial charge in [-0.3, -0.25) is 4.79 Å². The van der Waals surface area contributed by atoms with E-state index in [0.29, 0.717) is 17.8 Å². The van der Waals surface area contributed by atoms with Crippen molar-refractivity contribution >= 4 is 23.3 Å². The standard InChI is InChI=1S/C25H21FN4O2/c26-20-9-11-21(12-10-20)28-25(32)29-22(15-17-5-7-18(16-27)8-6-17)24(31)30-14-13-19-3-1-2-4-23(19)30/h1-12,22H,13-15H2,(H2,28,29,32)/t22-/m1/s1. The third-order valence-electron chi connectivity index (χ3n) is 5.38. The van der Waals surface area contributed by atoms with E-state index < -0.39 is 17.9 Å². The number of halogens is 1. The van der Waals surface area contributed by atoms with E-state index in [2.05, 4.69) is 16.7 Å². The number of para-hydroxylation sites is 1. The molecular formula is C25H21FN4O2. The van der Waals surface area contributed by atoms with Gasteiger partial charge in [-0.15, -0.1) is 0 Å². The summed E-state index contributed by atoms with van der Waals surface area (Å²) in [7, 11) is 0. The lowest BCUT2D eigenvalue weighted by Crippen LogP contribution is -2.50. The first-order valence-corrected chi connectivity index (χ1v) is 10.2. The summed E-state index contributed by atoms with van der Waals surface area (Å²) in [5.74, 6) is -0.619. The number of amides is 3. The van der Waals surface area contributed by atoms with E-state index in [1.54, 1.807) is 29.2 Å². The molecule has 1 aliphatic heterocycles. The molecule has 3 aromatic carbocycles. The Hall–Kier alpha value is -4.18. The van der Waals surface area contributed by atoms with Gasteiger partial charge in [0.05, 0.1) is 11.6 Å². The van der Waals surface area contributed by atoms with Crippen molar-refractivity contribution < 1.29 is 14.0 Å². The Bertz CT molecular complexity index is 1170. The summed E-state index contributed by atoms with van der Waals surface area (Å²) in [6.07, 6.45) is 1.02. The molecule has 0 saturated carbocycles. The van der Waals surface area contributed by atoms with Crippen LogP contribution in [-0.4, -0.2) is 24.5 Å². The molecule has 7 heteroatoms. The number of anilines is 2. The van der Waals surface area contributed by atoms with Gasteiger partial charge < -0.3 is 15.5 Å². The lowest BCUT2D eigenvalue weighted by Gasteiger charge is -2.25. The molecule has 0 saturated heterocycles. The Morgan fingerprint density at radius 3 is 2.47 bits per heavy atom. The van der Waals surface area contributed by atoms with E-state index in [4.69, 9.17) is 5.26 Å². The highest BCUT2D eigenvalue weighted by Gasteiger charge is 2.31. The van der Waals surface area contributed by atoms with Crippen molar-refractivity contribution in [1.82, 2.24) is 5.32 Å². The van der Waals surface area contributed by atoms with Gasteiger partial charge in [-0.25, -0.2) is 9.18 Å². The summed E-state index contributed by atoms with van der Waals surface area (Å²) in [6, 6.07) is 20.7. The molecule has 32 heavy (non-hydrogen) atoms. The minimum absolute atomic E-state index is 0.214. The van der Waals surface area contributed by atoms with Crippen molar-refractivity contribution in [3.05, 3.63) is 95.3 Å². The van der Waals surface area contributed by atoms with Gasteiger partial charge in [0.1, 0.15) is 11.9 Å². The molecule has 3 amide bonds. The molecule has 0 radical (unpaired) electrons. The van der Waals surface area contributed by atoms with Gasteiger partial charge in [-0.05, 0) is 60.0 Å². The first kappa shape index (κ1) is 21.1. The molecule has 0 spiro atoms. The van der Waals surface area contributed by atoms with Crippen molar-refractivity contribution in [2.45, 2.75) is 18.9 Å². The van der Waals surface area contributed by atoms with Crippen molar-refractivity contribution in [2.75, 3.05) is 16.8 Å². The van der Waals surface area contributed by atoms with Crippen molar-refractivity contribution in [3.8, 4) is 6.07 Å². The highest BCUT2D eigenvalue weighted by molar-refractivity contribution is 6.02. The Morgan fingerprint density at radius 2 is 1.75 bits per heavy atom. The predicted molar refractivity (Wildman–Crippen MR) is 120 cm³/mol. The minimum Gasteiger partial charge on any atom is -0.326 e. The molecular weight excluding hydrogens is 407 g/mol. The first-order valence-electron chi connectivity index (χ1n) is 10.2. The minimum atomic E-state index is -0.824. The number of urea groups is 1. The second-order valence-electron chi connectivity index (χ2n) is 7.54. The number of fused-ring (bicyclic) bond motifs is 1. The molecule has 1 atom stereocenters. The van der Waals surface area contributed by atoms with Crippen molar-refractivity contribution in [1.29, 1.82) is 5.26 Å². The summed E-state index contributed by atoms with van der Waals surface area (Å²) in [4.78, 5) is 27.8. The monoisotopic (exact) mass is 428 g/mol. The van der Waals surface area contributed by atoms with Crippen molar-refractivity contribution in [2.24, 2.45) is 0 Å². The zero-order valence-electron chi connectivity index (χ0n) is 17.2. The topological polar surface area (TPSA) is 85.2 Å². The highest BCUT2D eigenvalue weighted by Crippen LogP contribution is 2.28. The van der Waals surface area contributed by atoms with Gasteiger partial charge in [-0.1, -0.05) is 30.3 Å². The SMILES string of the molecule is N#Cc1ccc(C[C@@H](NC(=O)Nc2ccc(F)cc2)C(=O)N2CCc3ccccc32)cc1. The molecule has 0 unspecified atom stereocenters. The molecule has 0 fully saturated rings. The molecule has 0 aliphatic carbocycles. The maximum absolute atomic E-state index is 13.4. The lowest BCUT2D eigenvalue weighted by molar-refractivity contribution is -0.120. The van der Waals surface area contributed by atoms with Gasteiger partial charge in [0, 0.05) is 24.3 Å².